The predicted octanol–water partition coefficient (Wildman–Crippen LogP) is 2.60. The van der Waals surface area contributed by atoms with E-state index in [-0.39, 0.29) is 30.5 Å². The van der Waals surface area contributed by atoms with Crippen molar-refractivity contribution >= 4 is 11.8 Å². The van der Waals surface area contributed by atoms with E-state index in [0.717, 1.165) is 30.8 Å². The van der Waals surface area contributed by atoms with Crippen LogP contribution < -0.4 is 5.32 Å². The molecule has 0 saturated carbocycles. The average molecular weight is 387 g/mol. The van der Waals surface area contributed by atoms with Gasteiger partial charge in [0.2, 0.25) is 5.91 Å². The lowest BCUT2D eigenvalue weighted by molar-refractivity contribution is -0.136. The van der Waals surface area contributed by atoms with Gasteiger partial charge in [0.25, 0.3) is 5.91 Å². The van der Waals surface area contributed by atoms with Crippen molar-refractivity contribution in [2.24, 2.45) is 0 Å². The number of rotatable bonds is 5. The highest BCUT2D eigenvalue weighted by atomic mass is 19.1. The van der Waals surface area contributed by atoms with Crippen LogP contribution >= 0.6 is 0 Å². The van der Waals surface area contributed by atoms with Gasteiger partial charge in [-0.2, -0.15) is 0 Å². The fourth-order valence-corrected chi connectivity index (χ4v) is 3.37. The van der Waals surface area contributed by atoms with E-state index in [4.69, 9.17) is 0 Å². The van der Waals surface area contributed by atoms with Gasteiger partial charge < -0.3 is 15.1 Å². The molecule has 1 heterocycles. The molecule has 28 heavy (non-hydrogen) atoms. The van der Waals surface area contributed by atoms with Gasteiger partial charge in [0.15, 0.2) is 0 Å². The first-order chi connectivity index (χ1) is 13.5. The Labute approximate surface area is 162 Å². The summed E-state index contributed by atoms with van der Waals surface area (Å²) in [5.41, 5.74) is 0.829. The number of halogens is 2. The summed E-state index contributed by atoms with van der Waals surface area (Å²) in [7, 11) is 2.02. The molecule has 0 unspecified atom stereocenters. The Kier molecular flexibility index (Phi) is 6.36. The molecule has 0 aromatic heterocycles. The number of piperazine rings is 1. The Hall–Kier alpha value is -2.80. The number of nitrogens with zero attached hydrogens (tertiary/aromatic N) is 2. The highest BCUT2D eigenvalue weighted by molar-refractivity contribution is 5.94. The molecule has 148 valence electrons. The Balaban J connectivity index is 1.59. The highest BCUT2D eigenvalue weighted by Gasteiger charge is 2.29. The van der Waals surface area contributed by atoms with E-state index in [0.29, 0.717) is 12.6 Å². The van der Waals surface area contributed by atoms with E-state index < -0.39 is 17.5 Å². The predicted molar refractivity (Wildman–Crippen MR) is 102 cm³/mol. The Morgan fingerprint density at radius 1 is 1.11 bits per heavy atom. The molecule has 7 heteroatoms. The first kappa shape index (κ1) is 19.9. The third-order valence-corrected chi connectivity index (χ3v) is 4.89. The molecule has 1 atom stereocenters. The van der Waals surface area contributed by atoms with Gasteiger partial charge >= 0.3 is 0 Å². The number of likely N-dealkylation sites (N-methyl/N-ethyl adjacent to an activating group) is 1. The van der Waals surface area contributed by atoms with E-state index in [1.165, 1.54) is 0 Å². The summed E-state index contributed by atoms with van der Waals surface area (Å²) in [6.07, 6.45) is 0.113. The van der Waals surface area contributed by atoms with E-state index >= 15 is 0 Å². The zero-order valence-electron chi connectivity index (χ0n) is 15.7. The van der Waals surface area contributed by atoms with Crippen LogP contribution in [0.1, 0.15) is 28.4 Å². The number of hydrogen-bond donors (Lipinski definition) is 1. The molecule has 0 aliphatic carbocycles. The van der Waals surface area contributed by atoms with Crippen LogP contribution in [-0.2, 0) is 4.79 Å². The molecule has 1 fully saturated rings. The van der Waals surface area contributed by atoms with Crippen molar-refractivity contribution in [3.63, 3.8) is 0 Å². The van der Waals surface area contributed by atoms with Crippen molar-refractivity contribution in [2.75, 3.05) is 33.2 Å². The standard InChI is InChI=1S/C21H23F2N3O2/c1-25-11-12-26(19(14-25)15-5-3-2-4-6-15)20(27)9-10-24-21(28)17-8-7-16(22)13-18(17)23/h2-8,13,19H,9-12,14H2,1H3,(H,24,28)/t19-/m1/s1. The Morgan fingerprint density at radius 3 is 2.57 bits per heavy atom. The van der Waals surface area contributed by atoms with Crippen LogP contribution in [0.3, 0.4) is 0 Å². The van der Waals surface area contributed by atoms with Gasteiger partial charge in [-0.25, -0.2) is 8.78 Å². The number of nitrogens with one attached hydrogen (secondary N) is 1. The molecule has 0 bridgehead atoms. The summed E-state index contributed by atoms with van der Waals surface area (Å²) in [6, 6.07) is 12.6. The van der Waals surface area contributed by atoms with Gasteiger partial charge in [0, 0.05) is 38.7 Å². The maximum absolute atomic E-state index is 13.7. The van der Waals surface area contributed by atoms with E-state index in [1.807, 2.05) is 42.3 Å². The summed E-state index contributed by atoms with van der Waals surface area (Å²) < 4.78 is 26.6. The number of amides is 2. The summed E-state index contributed by atoms with van der Waals surface area (Å²) in [6.45, 7) is 2.21. The fraction of sp³-hybridized carbons (Fsp3) is 0.333. The van der Waals surface area contributed by atoms with Crippen molar-refractivity contribution in [3.05, 3.63) is 71.3 Å². The quantitative estimate of drug-likeness (QED) is 0.858. The van der Waals surface area contributed by atoms with E-state index in [2.05, 4.69) is 10.2 Å². The second kappa shape index (κ2) is 8.93. The molecule has 0 spiro atoms. The van der Waals surface area contributed by atoms with Gasteiger partial charge in [0.1, 0.15) is 11.6 Å². The second-order valence-electron chi connectivity index (χ2n) is 6.91. The zero-order chi connectivity index (χ0) is 20.1. The van der Waals surface area contributed by atoms with Crippen molar-refractivity contribution in [1.82, 2.24) is 15.1 Å². The molecule has 2 amide bonds. The molecular weight excluding hydrogens is 364 g/mol. The molecule has 1 aliphatic heterocycles. The van der Waals surface area contributed by atoms with Gasteiger partial charge in [-0.15, -0.1) is 0 Å². The molecule has 0 radical (unpaired) electrons. The Bertz CT molecular complexity index is 845. The molecule has 1 saturated heterocycles. The molecule has 3 rings (SSSR count). The van der Waals surface area contributed by atoms with E-state index in [9.17, 15) is 18.4 Å². The Morgan fingerprint density at radius 2 is 1.86 bits per heavy atom. The normalized spacial score (nSPS) is 17.4. The minimum atomic E-state index is -0.924. The van der Waals surface area contributed by atoms with Gasteiger partial charge in [-0.05, 0) is 24.7 Å². The van der Waals surface area contributed by atoms with E-state index in [1.54, 1.807) is 0 Å². The molecule has 1 aliphatic rings. The topological polar surface area (TPSA) is 52.6 Å². The maximum atomic E-state index is 13.7. The van der Waals surface area contributed by atoms with Crippen LogP contribution in [0.4, 0.5) is 8.78 Å². The third kappa shape index (κ3) is 4.72. The van der Waals surface area contributed by atoms with Crippen LogP contribution in [0.2, 0.25) is 0 Å². The van der Waals surface area contributed by atoms with Crippen LogP contribution in [0, 0.1) is 11.6 Å². The van der Waals surface area contributed by atoms with Crippen molar-refractivity contribution in [3.8, 4) is 0 Å². The van der Waals surface area contributed by atoms with Crippen LogP contribution in [0.25, 0.3) is 0 Å². The SMILES string of the molecule is CN1CCN(C(=O)CCNC(=O)c2ccc(F)cc2F)[C@@H](c2ccccc2)C1. The fourth-order valence-electron chi connectivity index (χ4n) is 3.37. The first-order valence-electron chi connectivity index (χ1n) is 9.22. The van der Waals surface area contributed by atoms with Crippen molar-refractivity contribution in [2.45, 2.75) is 12.5 Å². The first-order valence-corrected chi connectivity index (χ1v) is 9.22. The summed E-state index contributed by atoms with van der Waals surface area (Å²) >= 11 is 0. The van der Waals surface area contributed by atoms with Crippen LogP contribution in [0.5, 0.6) is 0 Å². The lowest BCUT2D eigenvalue weighted by atomic mass is 10.0. The minimum Gasteiger partial charge on any atom is -0.351 e. The van der Waals surface area contributed by atoms with Crippen molar-refractivity contribution in [1.29, 1.82) is 0 Å². The highest BCUT2D eigenvalue weighted by Crippen LogP contribution is 2.25. The monoisotopic (exact) mass is 387 g/mol. The van der Waals surface area contributed by atoms with Gasteiger partial charge in [-0.3, -0.25) is 9.59 Å². The number of carbonyl (C=O) groups is 2. The average Bonchev–Trinajstić information content (AvgIpc) is 2.68. The molecule has 2 aromatic rings. The molecular formula is C21H23F2N3O2. The molecule has 2 aromatic carbocycles. The van der Waals surface area contributed by atoms with Gasteiger partial charge in [0.05, 0.1) is 11.6 Å². The lowest BCUT2D eigenvalue weighted by Gasteiger charge is -2.40. The molecule has 5 nitrogen and oxygen atoms in total. The number of carbonyl (C=O) groups excluding carboxylic acids is 2. The summed E-state index contributed by atoms with van der Waals surface area (Å²) in [5, 5.41) is 2.53. The smallest absolute Gasteiger partial charge is 0.254 e. The maximum Gasteiger partial charge on any atom is 0.254 e. The van der Waals surface area contributed by atoms with Crippen LogP contribution in [-0.4, -0.2) is 54.8 Å². The molecule has 1 N–H and O–H groups in total. The summed E-state index contributed by atoms with van der Waals surface area (Å²) in [5.74, 6) is -2.40. The van der Waals surface area contributed by atoms with Gasteiger partial charge in [-0.1, -0.05) is 30.3 Å². The van der Waals surface area contributed by atoms with Crippen LogP contribution in [0.15, 0.2) is 48.5 Å². The second-order valence-corrected chi connectivity index (χ2v) is 6.91. The zero-order valence-corrected chi connectivity index (χ0v) is 15.7. The lowest BCUT2D eigenvalue weighted by Crippen LogP contribution is -2.49. The van der Waals surface area contributed by atoms with Crippen molar-refractivity contribution < 1.29 is 18.4 Å². The third-order valence-electron chi connectivity index (χ3n) is 4.89. The number of benzene rings is 2. The summed E-state index contributed by atoms with van der Waals surface area (Å²) in [4.78, 5) is 28.8. The number of hydrogen-bond acceptors (Lipinski definition) is 3. The largest absolute Gasteiger partial charge is 0.351 e. The minimum absolute atomic E-state index is 0.0438.